The summed E-state index contributed by atoms with van der Waals surface area (Å²) >= 11 is 0. The molecule has 0 bridgehead atoms. The second kappa shape index (κ2) is 9.63. The van der Waals surface area contributed by atoms with Crippen LogP contribution in [0, 0.1) is 0 Å². The van der Waals surface area contributed by atoms with Crippen LogP contribution in [-0.2, 0) is 26.1 Å². The third-order valence-corrected chi connectivity index (χ3v) is 6.74. The first-order valence-electron chi connectivity index (χ1n) is 10.0. The average molecular weight is 450 g/mol. The quantitative estimate of drug-likeness (QED) is 0.662. The number of hydrogen-bond donors (Lipinski definition) is 2. The van der Waals surface area contributed by atoms with Crippen LogP contribution >= 0.6 is 0 Å². The van der Waals surface area contributed by atoms with Crippen LogP contribution in [0.3, 0.4) is 0 Å². The van der Waals surface area contributed by atoms with Gasteiger partial charge in [-0.05, 0) is 57.2 Å². The normalized spacial score (nSPS) is 20.7. The minimum absolute atomic E-state index is 0.106. The van der Waals surface area contributed by atoms with Crippen LogP contribution in [0.15, 0.2) is 52.0 Å². The zero-order valence-electron chi connectivity index (χ0n) is 17.7. The van der Waals surface area contributed by atoms with Crippen molar-refractivity contribution in [2.45, 2.75) is 50.5 Å². The van der Waals surface area contributed by atoms with E-state index in [2.05, 4.69) is 10.6 Å². The largest absolute Gasteiger partial charge is 0.467 e. The minimum atomic E-state index is -3.69. The van der Waals surface area contributed by atoms with Crippen LogP contribution in [-0.4, -0.2) is 55.9 Å². The van der Waals surface area contributed by atoms with Crippen molar-refractivity contribution < 1.29 is 27.2 Å². The summed E-state index contributed by atoms with van der Waals surface area (Å²) in [7, 11) is -3.69. The first-order chi connectivity index (χ1) is 14.7. The van der Waals surface area contributed by atoms with E-state index in [0.29, 0.717) is 5.76 Å². The minimum Gasteiger partial charge on any atom is -0.467 e. The van der Waals surface area contributed by atoms with Crippen molar-refractivity contribution >= 4 is 21.8 Å². The number of furan rings is 1. The van der Waals surface area contributed by atoms with E-state index < -0.39 is 22.0 Å². The number of benzene rings is 1. The van der Waals surface area contributed by atoms with Gasteiger partial charge in [-0.15, -0.1) is 0 Å². The number of carbonyl (C=O) groups excluding carboxylic acids is 2. The first-order valence-corrected chi connectivity index (χ1v) is 11.5. The molecule has 3 unspecified atom stereocenters. The number of hydrogen-bond acceptors (Lipinski definition) is 6. The molecule has 1 saturated heterocycles. The van der Waals surface area contributed by atoms with Crippen LogP contribution in [0.1, 0.15) is 36.9 Å². The molecule has 10 heteroatoms. The van der Waals surface area contributed by atoms with Crippen molar-refractivity contribution in [3.63, 3.8) is 0 Å². The second-order valence-electron chi connectivity index (χ2n) is 7.60. The summed E-state index contributed by atoms with van der Waals surface area (Å²) in [5.41, 5.74) is 0.258. The fraction of sp³-hybridized carbons (Fsp3) is 0.429. The van der Waals surface area contributed by atoms with Crippen molar-refractivity contribution in [1.82, 2.24) is 14.9 Å². The Morgan fingerprint density at radius 2 is 1.77 bits per heavy atom. The number of morpholine rings is 1. The highest BCUT2D eigenvalue weighted by Gasteiger charge is 2.32. The third kappa shape index (κ3) is 5.72. The van der Waals surface area contributed by atoms with Gasteiger partial charge in [0.2, 0.25) is 15.9 Å². The molecule has 1 fully saturated rings. The Morgan fingerprint density at radius 1 is 1.13 bits per heavy atom. The number of rotatable bonds is 7. The molecule has 3 atom stereocenters. The topological polar surface area (TPSA) is 118 Å². The molecule has 1 aromatic heterocycles. The summed E-state index contributed by atoms with van der Waals surface area (Å²) in [5.74, 6) is -0.231. The average Bonchev–Trinajstić information content (AvgIpc) is 3.25. The summed E-state index contributed by atoms with van der Waals surface area (Å²) in [6, 6.07) is 8.34. The fourth-order valence-corrected chi connectivity index (χ4v) is 4.93. The smallest absolute Gasteiger partial charge is 0.251 e. The van der Waals surface area contributed by atoms with Gasteiger partial charge in [0.25, 0.3) is 5.91 Å². The number of ether oxygens (including phenoxy) is 1. The van der Waals surface area contributed by atoms with Crippen molar-refractivity contribution in [2.24, 2.45) is 0 Å². The maximum atomic E-state index is 12.9. The number of carbonyl (C=O) groups is 2. The summed E-state index contributed by atoms with van der Waals surface area (Å²) < 4.78 is 37.9. The summed E-state index contributed by atoms with van der Waals surface area (Å²) in [4.78, 5) is 24.7. The van der Waals surface area contributed by atoms with Gasteiger partial charge in [-0.25, -0.2) is 8.42 Å². The standard InChI is InChI=1S/C21H27N3O6S/c1-14-12-24(13-15(2)30-14)31(27,28)19-8-6-17(7-9-19)21(26)23-16(3)20(25)22-11-18-5-4-10-29-18/h4-10,14-16H,11-13H2,1-3H3,(H,22,25)(H,23,26). The molecule has 1 aromatic carbocycles. The van der Waals surface area contributed by atoms with Crippen LogP contribution in [0.2, 0.25) is 0 Å². The highest BCUT2D eigenvalue weighted by Crippen LogP contribution is 2.21. The van der Waals surface area contributed by atoms with Crippen LogP contribution in [0.25, 0.3) is 0 Å². The maximum absolute atomic E-state index is 12.9. The van der Waals surface area contributed by atoms with Crippen LogP contribution < -0.4 is 10.6 Å². The maximum Gasteiger partial charge on any atom is 0.251 e. The Hall–Kier alpha value is -2.69. The van der Waals surface area contributed by atoms with Crippen molar-refractivity contribution in [1.29, 1.82) is 0 Å². The first kappa shape index (κ1) is 23.0. The lowest BCUT2D eigenvalue weighted by Gasteiger charge is -2.34. The molecular formula is C21H27N3O6S. The van der Waals surface area contributed by atoms with Crippen molar-refractivity contribution in [3.05, 3.63) is 54.0 Å². The molecule has 1 aliphatic rings. The molecule has 2 N–H and O–H groups in total. The van der Waals surface area contributed by atoms with E-state index in [9.17, 15) is 18.0 Å². The zero-order chi connectivity index (χ0) is 22.6. The summed E-state index contributed by atoms with van der Waals surface area (Å²) in [6.45, 7) is 6.00. The highest BCUT2D eigenvalue weighted by molar-refractivity contribution is 7.89. The molecule has 2 heterocycles. The molecule has 9 nitrogen and oxygen atoms in total. The zero-order valence-corrected chi connectivity index (χ0v) is 18.5. The predicted octanol–water partition coefficient (Wildman–Crippen LogP) is 1.51. The Labute approximate surface area is 181 Å². The molecule has 0 spiro atoms. The summed E-state index contributed by atoms with van der Waals surface area (Å²) in [5, 5.41) is 5.27. The Bertz CT molecular complexity index is 994. The molecule has 31 heavy (non-hydrogen) atoms. The molecule has 0 aliphatic carbocycles. The molecular weight excluding hydrogens is 422 g/mol. The van der Waals surface area contributed by atoms with Crippen LogP contribution in [0.5, 0.6) is 0 Å². The van der Waals surface area contributed by atoms with Gasteiger partial charge in [-0.3, -0.25) is 9.59 Å². The Balaban J connectivity index is 1.59. The van der Waals surface area contributed by atoms with E-state index in [1.54, 1.807) is 19.1 Å². The van der Waals surface area contributed by atoms with Gasteiger partial charge in [0.05, 0.1) is 29.9 Å². The predicted molar refractivity (Wildman–Crippen MR) is 113 cm³/mol. The SMILES string of the molecule is CC1CN(S(=O)(=O)c2ccc(C(=O)NC(C)C(=O)NCc3ccco3)cc2)CC(C)O1. The van der Waals surface area contributed by atoms with Gasteiger partial charge in [0.1, 0.15) is 11.8 Å². The molecule has 0 saturated carbocycles. The van der Waals surface area contributed by atoms with Crippen molar-refractivity contribution in [3.8, 4) is 0 Å². The highest BCUT2D eigenvalue weighted by atomic mass is 32.2. The fourth-order valence-electron chi connectivity index (χ4n) is 3.34. The number of nitrogens with zero attached hydrogens (tertiary/aromatic N) is 1. The molecule has 1 aliphatic heterocycles. The van der Waals surface area contributed by atoms with E-state index in [4.69, 9.17) is 9.15 Å². The number of amides is 2. The molecule has 0 radical (unpaired) electrons. The van der Waals surface area contributed by atoms with Crippen molar-refractivity contribution in [2.75, 3.05) is 13.1 Å². The van der Waals surface area contributed by atoms with E-state index in [1.807, 2.05) is 13.8 Å². The lowest BCUT2D eigenvalue weighted by molar-refractivity contribution is -0.122. The number of nitrogens with one attached hydrogen (secondary N) is 2. The van der Waals surface area contributed by atoms with Gasteiger partial charge >= 0.3 is 0 Å². The molecule has 2 amide bonds. The van der Waals surface area contributed by atoms with E-state index in [1.165, 1.54) is 34.8 Å². The Kier molecular flexibility index (Phi) is 7.14. The lowest BCUT2D eigenvalue weighted by atomic mass is 10.2. The number of sulfonamides is 1. The molecule has 3 rings (SSSR count). The van der Waals surface area contributed by atoms with E-state index in [0.717, 1.165) is 0 Å². The summed E-state index contributed by atoms with van der Waals surface area (Å²) in [6.07, 6.45) is 1.13. The van der Waals surface area contributed by atoms with Gasteiger partial charge in [-0.2, -0.15) is 4.31 Å². The van der Waals surface area contributed by atoms with E-state index in [-0.39, 0.29) is 48.2 Å². The monoisotopic (exact) mass is 449 g/mol. The molecule has 168 valence electrons. The second-order valence-corrected chi connectivity index (χ2v) is 9.53. The van der Waals surface area contributed by atoms with Gasteiger partial charge in [0.15, 0.2) is 0 Å². The van der Waals surface area contributed by atoms with E-state index >= 15 is 0 Å². The third-order valence-electron chi connectivity index (χ3n) is 4.90. The van der Waals surface area contributed by atoms with Gasteiger partial charge in [-0.1, -0.05) is 0 Å². The van der Waals surface area contributed by atoms with Gasteiger partial charge in [0, 0.05) is 18.7 Å². The van der Waals surface area contributed by atoms with Crippen LogP contribution in [0.4, 0.5) is 0 Å². The van der Waals surface area contributed by atoms with Gasteiger partial charge < -0.3 is 19.8 Å². The molecule has 2 aromatic rings. The Morgan fingerprint density at radius 3 is 2.35 bits per heavy atom. The lowest BCUT2D eigenvalue weighted by Crippen LogP contribution is -2.48.